The van der Waals surface area contributed by atoms with Crippen molar-refractivity contribution in [3.05, 3.63) is 35.4 Å². The Balaban J connectivity index is 2.64. The van der Waals surface area contributed by atoms with Crippen LogP contribution in [0.3, 0.4) is 0 Å². The van der Waals surface area contributed by atoms with Crippen molar-refractivity contribution in [1.82, 2.24) is 4.90 Å². The number of benzene rings is 1. The Bertz CT molecular complexity index is 372. The van der Waals surface area contributed by atoms with Gasteiger partial charge in [-0.2, -0.15) is 0 Å². The fraction of sp³-hybridized carbons (Fsp3) is 0.684. The summed E-state index contributed by atoms with van der Waals surface area (Å²) in [6.45, 7) is 11.2. The zero-order valence-electron chi connectivity index (χ0n) is 14.4. The van der Waals surface area contributed by atoms with E-state index in [4.69, 9.17) is 5.73 Å². The summed E-state index contributed by atoms with van der Waals surface area (Å²) in [7, 11) is 0. The summed E-state index contributed by atoms with van der Waals surface area (Å²) in [4.78, 5) is 2.55. The number of nitrogens with two attached hydrogens (primary N) is 1. The topological polar surface area (TPSA) is 29.3 Å². The maximum atomic E-state index is 6.44. The van der Waals surface area contributed by atoms with Gasteiger partial charge in [0.2, 0.25) is 0 Å². The molecule has 0 spiro atoms. The van der Waals surface area contributed by atoms with Gasteiger partial charge in [0, 0.05) is 18.6 Å². The second-order valence-corrected chi connectivity index (χ2v) is 6.20. The van der Waals surface area contributed by atoms with E-state index in [1.165, 1.54) is 36.8 Å². The van der Waals surface area contributed by atoms with Crippen LogP contribution in [-0.2, 0) is 6.42 Å². The van der Waals surface area contributed by atoms with E-state index >= 15 is 0 Å². The minimum absolute atomic E-state index is 0.117. The monoisotopic (exact) mass is 290 g/mol. The Kier molecular flexibility index (Phi) is 8.63. The maximum absolute atomic E-state index is 6.44. The first kappa shape index (κ1) is 18.2. The van der Waals surface area contributed by atoms with Crippen LogP contribution in [0.15, 0.2) is 24.3 Å². The van der Waals surface area contributed by atoms with E-state index in [1.54, 1.807) is 0 Å². The first-order valence-corrected chi connectivity index (χ1v) is 8.70. The Morgan fingerprint density at radius 3 is 2.24 bits per heavy atom. The molecule has 0 aromatic heterocycles. The smallest absolute Gasteiger partial charge is 0.0424 e. The number of hydrogen-bond donors (Lipinski definition) is 1. The van der Waals surface area contributed by atoms with Gasteiger partial charge >= 0.3 is 0 Å². The predicted molar refractivity (Wildman–Crippen MR) is 93.6 cm³/mol. The molecule has 0 radical (unpaired) electrons. The highest BCUT2D eigenvalue weighted by Gasteiger charge is 2.16. The zero-order chi connectivity index (χ0) is 15.7. The van der Waals surface area contributed by atoms with Crippen molar-refractivity contribution in [2.45, 2.75) is 71.9 Å². The summed E-state index contributed by atoms with van der Waals surface area (Å²) in [5.41, 5.74) is 9.12. The second-order valence-electron chi connectivity index (χ2n) is 6.20. The molecule has 2 N–H and O–H groups in total. The Morgan fingerprint density at radius 1 is 1.05 bits per heavy atom. The van der Waals surface area contributed by atoms with Crippen molar-refractivity contribution >= 4 is 0 Å². The number of nitrogens with zero attached hydrogens (tertiary/aromatic N) is 1. The van der Waals surface area contributed by atoms with Crippen LogP contribution in [0.2, 0.25) is 0 Å². The lowest BCUT2D eigenvalue weighted by Crippen LogP contribution is -2.39. The quantitative estimate of drug-likeness (QED) is 0.685. The molecule has 1 rings (SSSR count). The molecular formula is C19H34N2. The molecule has 0 fully saturated rings. The largest absolute Gasteiger partial charge is 0.323 e. The fourth-order valence-electron chi connectivity index (χ4n) is 2.69. The highest BCUT2D eigenvalue weighted by atomic mass is 15.2. The lowest BCUT2D eigenvalue weighted by atomic mass is 10.0. The van der Waals surface area contributed by atoms with Crippen LogP contribution in [0.4, 0.5) is 0 Å². The van der Waals surface area contributed by atoms with E-state index in [2.05, 4.69) is 56.9 Å². The van der Waals surface area contributed by atoms with Crippen molar-refractivity contribution in [2.24, 2.45) is 5.73 Å². The van der Waals surface area contributed by atoms with Gasteiger partial charge < -0.3 is 5.73 Å². The highest BCUT2D eigenvalue weighted by molar-refractivity contribution is 5.25. The molecule has 2 unspecified atom stereocenters. The van der Waals surface area contributed by atoms with E-state index in [-0.39, 0.29) is 6.04 Å². The summed E-state index contributed by atoms with van der Waals surface area (Å²) < 4.78 is 0. The van der Waals surface area contributed by atoms with Gasteiger partial charge in [0.05, 0.1) is 0 Å². The lowest BCUT2D eigenvalue weighted by molar-refractivity contribution is 0.189. The van der Waals surface area contributed by atoms with E-state index in [0.29, 0.717) is 6.04 Å². The minimum atomic E-state index is 0.117. The van der Waals surface area contributed by atoms with Gasteiger partial charge in [-0.3, -0.25) is 4.90 Å². The third kappa shape index (κ3) is 6.19. The van der Waals surface area contributed by atoms with Gasteiger partial charge in [-0.1, -0.05) is 57.9 Å². The van der Waals surface area contributed by atoms with Crippen LogP contribution in [0.1, 0.15) is 70.5 Å². The third-order valence-corrected chi connectivity index (χ3v) is 4.39. The Hall–Kier alpha value is -0.860. The molecular weight excluding hydrogens is 256 g/mol. The summed E-state index contributed by atoms with van der Waals surface area (Å²) >= 11 is 0. The SMILES string of the molecule is CCCCN(CC(N)c1ccc(CCC)cc1)C(C)CC. The number of aryl methyl sites for hydroxylation is 1. The molecule has 1 aromatic carbocycles. The average molecular weight is 290 g/mol. The Labute approximate surface area is 131 Å². The molecule has 0 saturated carbocycles. The van der Waals surface area contributed by atoms with Gasteiger partial charge in [0.15, 0.2) is 0 Å². The van der Waals surface area contributed by atoms with Gasteiger partial charge in [-0.05, 0) is 43.9 Å². The van der Waals surface area contributed by atoms with Crippen LogP contribution >= 0.6 is 0 Å². The molecule has 0 aliphatic heterocycles. The van der Waals surface area contributed by atoms with Crippen molar-refractivity contribution in [3.8, 4) is 0 Å². The summed E-state index contributed by atoms with van der Waals surface area (Å²) in [5, 5.41) is 0. The highest BCUT2D eigenvalue weighted by Crippen LogP contribution is 2.16. The molecule has 2 heteroatoms. The third-order valence-electron chi connectivity index (χ3n) is 4.39. The van der Waals surface area contributed by atoms with Crippen LogP contribution in [0.5, 0.6) is 0 Å². The van der Waals surface area contributed by atoms with E-state index < -0.39 is 0 Å². The van der Waals surface area contributed by atoms with Crippen molar-refractivity contribution in [3.63, 3.8) is 0 Å². The molecule has 2 atom stereocenters. The number of unbranched alkanes of at least 4 members (excludes halogenated alkanes) is 1. The number of hydrogen-bond acceptors (Lipinski definition) is 2. The van der Waals surface area contributed by atoms with Gasteiger partial charge in [0.1, 0.15) is 0 Å². The molecule has 0 heterocycles. The second kappa shape index (κ2) is 9.97. The van der Waals surface area contributed by atoms with E-state index in [9.17, 15) is 0 Å². The molecule has 0 saturated heterocycles. The van der Waals surface area contributed by atoms with Crippen molar-refractivity contribution in [1.29, 1.82) is 0 Å². The van der Waals surface area contributed by atoms with Crippen molar-refractivity contribution < 1.29 is 0 Å². The molecule has 0 bridgehead atoms. The first-order valence-electron chi connectivity index (χ1n) is 8.70. The summed E-state index contributed by atoms with van der Waals surface area (Å²) in [5.74, 6) is 0. The first-order chi connectivity index (χ1) is 10.1. The van der Waals surface area contributed by atoms with Crippen LogP contribution < -0.4 is 5.73 Å². The molecule has 0 amide bonds. The van der Waals surface area contributed by atoms with Crippen molar-refractivity contribution in [2.75, 3.05) is 13.1 Å². The molecule has 0 aliphatic rings. The molecule has 2 nitrogen and oxygen atoms in total. The summed E-state index contributed by atoms with van der Waals surface area (Å²) in [6, 6.07) is 9.62. The normalized spacial score (nSPS) is 14.4. The zero-order valence-corrected chi connectivity index (χ0v) is 14.4. The van der Waals surface area contributed by atoms with Crippen LogP contribution in [-0.4, -0.2) is 24.0 Å². The lowest BCUT2D eigenvalue weighted by Gasteiger charge is -2.31. The molecule has 0 aliphatic carbocycles. The number of rotatable bonds is 10. The molecule has 120 valence electrons. The Morgan fingerprint density at radius 2 is 1.71 bits per heavy atom. The summed E-state index contributed by atoms with van der Waals surface area (Å²) in [6.07, 6.45) is 6.04. The average Bonchev–Trinajstić information content (AvgIpc) is 2.51. The van der Waals surface area contributed by atoms with E-state index in [1.807, 2.05) is 0 Å². The standard InChI is InChI=1S/C19H34N2/c1-5-8-14-21(16(4)7-3)15-19(20)18-12-10-17(9-6-2)11-13-18/h10-13,16,19H,5-9,14-15,20H2,1-4H3. The van der Waals surface area contributed by atoms with Crippen LogP contribution in [0.25, 0.3) is 0 Å². The van der Waals surface area contributed by atoms with E-state index in [0.717, 1.165) is 19.5 Å². The van der Waals surface area contributed by atoms with Gasteiger partial charge in [-0.15, -0.1) is 0 Å². The maximum Gasteiger partial charge on any atom is 0.0424 e. The molecule has 21 heavy (non-hydrogen) atoms. The fourth-order valence-corrected chi connectivity index (χ4v) is 2.69. The molecule has 1 aromatic rings. The van der Waals surface area contributed by atoms with Gasteiger partial charge in [0.25, 0.3) is 0 Å². The van der Waals surface area contributed by atoms with Gasteiger partial charge in [-0.25, -0.2) is 0 Å². The predicted octanol–water partition coefficient (Wildman–Crippen LogP) is 4.54. The minimum Gasteiger partial charge on any atom is -0.323 e. The van der Waals surface area contributed by atoms with Crippen LogP contribution in [0, 0.1) is 0 Å².